The number of ether oxygens (including phenoxy) is 3. The van der Waals surface area contributed by atoms with E-state index in [1.165, 1.54) is 6.92 Å². The fourth-order valence-electron chi connectivity index (χ4n) is 2.05. The van der Waals surface area contributed by atoms with E-state index >= 15 is 0 Å². The first-order valence-corrected chi connectivity index (χ1v) is 6.45. The molecule has 0 aliphatic carbocycles. The minimum absolute atomic E-state index is 0.192. The minimum Gasteiger partial charge on any atom is -0.460 e. The van der Waals surface area contributed by atoms with E-state index in [9.17, 15) is 4.79 Å². The molecule has 104 valence electrons. The molecule has 2 rings (SSSR count). The van der Waals surface area contributed by atoms with Gasteiger partial charge in [0, 0.05) is 19.4 Å². The zero-order chi connectivity index (χ0) is 14.4. The average molecular weight is 272 g/mol. The second kappa shape index (κ2) is 6.32. The fraction of sp³-hybridized carbons (Fsp3) is 0.438. The lowest BCUT2D eigenvalue weighted by molar-refractivity contribution is -0.220. The normalized spacial score (nSPS) is 29.1. The topological polar surface area (TPSA) is 44.8 Å². The van der Waals surface area contributed by atoms with Crippen LogP contribution in [0.2, 0.25) is 0 Å². The molecule has 20 heavy (non-hydrogen) atoms. The molecule has 0 bridgehead atoms. The summed E-state index contributed by atoms with van der Waals surface area (Å²) < 4.78 is 16.6. The summed E-state index contributed by atoms with van der Waals surface area (Å²) in [5, 5.41) is 0. The van der Waals surface area contributed by atoms with Crippen LogP contribution in [0.25, 0.3) is 0 Å². The molecule has 1 fully saturated rings. The Balaban J connectivity index is 1.90. The first-order valence-electron chi connectivity index (χ1n) is 6.45. The number of esters is 1. The van der Waals surface area contributed by atoms with Crippen LogP contribution in [-0.4, -0.2) is 24.5 Å². The van der Waals surface area contributed by atoms with Gasteiger partial charge in [0.2, 0.25) is 5.79 Å². The van der Waals surface area contributed by atoms with Crippen LogP contribution in [0.4, 0.5) is 0 Å². The third-order valence-corrected chi connectivity index (χ3v) is 2.93. The number of rotatable bonds is 1. The summed E-state index contributed by atoms with van der Waals surface area (Å²) in [5.74, 6) is 10.5. The molecular weight excluding hydrogens is 256 g/mol. The largest absolute Gasteiger partial charge is 0.460 e. The summed E-state index contributed by atoms with van der Waals surface area (Å²) >= 11 is 0. The lowest BCUT2D eigenvalue weighted by Gasteiger charge is -2.35. The van der Waals surface area contributed by atoms with Crippen LogP contribution >= 0.6 is 0 Å². The zero-order valence-electron chi connectivity index (χ0n) is 11.6. The van der Waals surface area contributed by atoms with Gasteiger partial charge in [-0.3, -0.25) is 4.79 Å². The highest BCUT2D eigenvalue weighted by molar-refractivity contribution is 5.66. The maximum atomic E-state index is 10.9. The summed E-state index contributed by atoms with van der Waals surface area (Å²) in [5.41, 5.74) is 0. The highest BCUT2D eigenvalue weighted by atomic mass is 16.7. The number of hydrogen-bond acceptors (Lipinski definition) is 4. The molecule has 0 unspecified atom stereocenters. The van der Waals surface area contributed by atoms with Crippen molar-refractivity contribution in [2.24, 2.45) is 0 Å². The molecule has 0 radical (unpaired) electrons. The van der Waals surface area contributed by atoms with Gasteiger partial charge in [0.05, 0.1) is 6.61 Å². The summed E-state index contributed by atoms with van der Waals surface area (Å²) in [7, 11) is 0. The SMILES string of the molecule is CC#CC#C/C=C1\C=C[C@@]2(CC[C@H](OC(C)=O)CO2)O1. The van der Waals surface area contributed by atoms with Gasteiger partial charge in [0.15, 0.2) is 0 Å². The van der Waals surface area contributed by atoms with Gasteiger partial charge >= 0.3 is 5.97 Å². The van der Waals surface area contributed by atoms with Crippen LogP contribution in [0, 0.1) is 23.7 Å². The maximum absolute atomic E-state index is 10.9. The first kappa shape index (κ1) is 14.2. The highest BCUT2D eigenvalue weighted by Crippen LogP contribution is 2.35. The summed E-state index contributed by atoms with van der Waals surface area (Å²) in [4.78, 5) is 10.9. The summed E-state index contributed by atoms with van der Waals surface area (Å²) in [6, 6.07) is 0. The molecular formula is C16H16O4. The van der Waals surface area contributed by atoms with Crippen LogP contribution < -0.4 is 0 Å². The highest BCUT2D eigenvalue weighted by Gasteiger charge is 2.40. The molecule has 2 atom stereocenters. The molecule has 0 saturated carbocycles. The molecule has 0 aromatic carbocycles. The van der Waals surface area contributed by atoms with Gasteiger partial charge in [-0.1, -0.05) is 11.8 Å². The molecule has 2 aliphatic rings. The predicted octanol–water partition coefficient (Wildman–Crippen LogP) is 1.92. The fourth-order valence-corrected chi connectivity index (χ4v) is 2.05. The second-order valence-electron chi connectivity index (χ2n) is 4.52. The second-order valence-corrected chi connectivity index (χ2v) is 4.52. The van der Waals surface area contributed by atoms with Crippen LogP contribution in [0.3, 0.4) is 0 Å². The molecule has 1 spiro atoms. The van der Waals surface area contributed by atoms with Gasteiger partial charge < -0.3 is 14.2 Å². The molecule has 4 nitrogen and oxygen atoms in total. The Labute approximate surface area is 118 Å². The van der Waals surface area contributed by atoms with Crippen molar-refractivity contribution in [1.82, 2.24) is 0 Å². The average Bonchev–Trinajstić information content (AvgIpc) is 2.81. The third-order valence-electron chi connectivity index (χ3n) is 2.93. The molecule has 0 aromatic rings. The number of allylic oxidation sites excluding steroid dienone is 2. The van der Waals surface area contributed by atoms with Crippen molar-refractivity contribution >= 4 is 5.97 Å². The minimum atomic E-state index is -0.736. The van der Waals surface area contributed by atoms with E-state index in [-0.39, 0.29) is 12.1 Å². The Morgan fingerprint density at radius 2 is 2.40 bits per heavy atom. The van der Waals surface area contributed by atoms with Crippen molar-refractivity contribution in [1.29, 1.82) is 0 Å². The number of carbonyl (C=O) groups is 1. The predicted molar refractivity (Wildman–Crippen MR) is 73.0 cm³/mol. The number of carbonyl (C=O) groups excluding carboxylic acids is 1. The van der Waals surface area contributed by atoms with Crippen molar-refractivity contribution in [3.63, 3.8) is 0 Å². The van der Waals surface area contributed by atoms with Crippen molar-refractivity contribution < 1.29 is 19.0 Å². The first-order chi connectivity index (χ1) is 9.63. The van der Waals surface area contributed by atoms with Crippen LogP contribution in [-0.2, 0) is 19.0 Å². The van der Waals surface area contributed by atoms with E-state index < -0.39 is 5.79 Å². The van der Waals surface area contributed by atoms with Crippen molar-refractivity contribution in [2.75, 3.05) is 6.61 Å². The van der Waals surface area contributed by atoms with E-state index in [1.54, 1.807) is 13.0 Å². The maximum Gasteiger partial charge on any atom is 0.302 e. The molecule has 0 amide bonds. The Kier molecular flexibility index (Phi) is 4.50. The number of hydrogen-bond donors (Lipinski definition) is 0. The van der Waals surface area contributed by atoms with Gasteiger partial charge in [-0.25, -0.2) is 0 Å². The van der Waals surface area contributed by atoms with E-state index in [0.717, 1.165) is 0 Å². The molecule has 1 saturated heterocycles. The van der Waals surface area contributed by atoms with Crippen molar-refractivity contribution in [2.45, 2.75) is 38.6 Å². The molecule has 2 heterocycles. The van der Waals surface area contributed by atoms with Crippen LogP contribution in [0.15, 0.2) is 24.0 Å². The summed E-state index contributed by atoms with van der Waals surface area (Å²) in [6.07, 6.45) is 6.53. The van der Waals surface area contributed by atoms with Gasteiger partial charge in [0.1, 0.15) is 11.9 Å². The Hall–Kier alpha value is -2.17. The van der Waals surface area contributed by atoms with E-state index in [0.29, 0.717) is 25.2 Å². The van der Waals surface area contributed by atoms with Crippen LogP contribution in [0.1, 0.15) is 26.7 Å². The third kappa shape index (κ3) is 3.66. The standard InChI is InChI=1S/C16H16O4/c1-3-4-5-6-7-14-8-10-16(20-14)11-9-15(12-18-16)19-13(2)17/h7-8,10,15H,9,11-12H2,1-2H3/b14-7+/t15-,16-/m0/s1. The monoisotopic (exact) mass is 272 g/mol. The van der Waals surface area contributed by atoms with Crippen molar-refractivity contribution in [3.05, 3.63) is 24.0 Å². The van der Waals surface area contributed by atoms with Crippen LogP contribution in [0.5, 0.6) is 0 Å². The quantitative estimate of drug-likeness (QED) is 0.540. The smallest absolute Gasteiger partial charge is 0.302 e. The Bertz CT molecular complexity index is 555. The molecule has 2 aliphatic heterocycles. The molecule has 4 heteroatoms. The van der Waals surface area contributed by atoms with Gasteiger partial charge in [0.25, 0.3) is 0 Å². The lowest BCUT2D eigenvalue weighted by atomic mass is 10.0. The Morgan fingerprint density at radius 1 is 1.55 bits per heavy atom. The van der Waals surface area contributed by atoms with Gasteiger partial charge in [-0.05, 0) is 37.3 Å². The van der Waals surface area contributed by atoms with E-state index in [2.05, 4.69) is 23.7 Å². The van der Waals surface area contributed by atoms with Gasteiger partial charge in [-0.2, -0.15) is 0 Å². The zero-order valence-corrected chi connectivity index (χ0v) is 11.6. The summed E-state index contributed by atoms with van der Waals surface area (Å²) in [6.45, 7) is 3.47. The lowest BCUT2D eigenvalue weighted by Crippen LogP contribution is -2.41. The molecule has 0 aromatic heterocycles. The Morgan fingerprint density at radius 3 is 3.05 bits per heavy atom. The van der Waals surface area contributed by atoms with Gasteiger partial charge in [-0.15, -0.1) is 0 Å². The van der Waals surface area contributed by atoms with E-state index in [1.807, 2.05) is 12.2 Å². The van der Waals surface area contributed by atoms with E-state index in [4.69, 9.17) is 14.2 Å². The van der Waals surface area contributed by atoms with Crippen molar-refractivity contribution in [3.8, 4) is 23.7 Å². The molecule has 0 N–H and O–H groups in total.